The molecule has 0 bridgehead atoms. The fourth-order valence-corrected chi connectivity index (χ4v) is 5.09. The molecule has 1 aliphatic carbocycles. The Kier molecular flexibility index (Phi) is 5.17. The lowest BCUT2D eigenvalue weighted by Gasteiger charge is -2.23. The third-order valence-electron chi connectivity index (χ3n) is 5.02. The quantitative estimate of drug-likeness (QED) is 0.803. The smallest absolute Gasteiger partial charge is 0.187 e. The van der Waals surface area contributed by atoms with E-state index in [0.29, 0.717) is 6.61 Å². The fourth-order valence-electron chi connectivity index (χ4n) is 3.81. The number of morpholine rings is 1. The number of ether oxygens (including phenoxy) is 2. The van der Waals surface area contributed by atoms with Crippen LogP contribution in [0.15, 0.2) is 0 Å². The minimum Gasteiger partial charge on any atom is -0.383 e. The van der Waals surface area contributed by atoms with Crippen molar-refractivity contribution in [2.24, 2.45) is 0 Å². The van der Waals surface area contributed by atoms with Gasteiger partial charge in [0.05, 0.1) is 25.2 Å². The zero-order valence-corrected chi connectivity index (χ0v) is 15.9. The summed E-state index contributed by atoms with van der Waals surface area (Å²) in [6, 6.07) is 0.226. The molecule has 1 atom stereocenters. The SMILES string of the molecule is COC[C@@H](C)Nc1nc(C[NH+]2CCOCC2)nc2sc3c(c12)CCC3. The Morgan fingerprint density at radius 3 is 2.92 bits per heavy atom. The number of quaternary nitrogens is 1. The number of nitrogens with zero attached hydrogens (tertiary/aromatic N) is 2. The predicted molar refractivity (Wildman–Crippen MR) is 99.6 cm³/mol. The molecule has 4 rings (SSSR count). The van der Waals surface area contributed by atoms with E-state index in [9.17, 15) is 0 Å². The molecule has 2 aromatic heterocycles. The Hall–Kier alpha value is -1.28. The standard InChI is InChI=1S/C18H26N4O2S/c1-12(11-23-2)19-17-16-13-4-3-5-14(13)25-18(16)21-15(20-17)10-22-6-8-24-9-7-22/h12H,3-11H2,1-2H3,(H,19,20,21)/p+1/t12-/m1/s1. The molecule has 0 saturated carbocycles. The van der Waals surface area contributed by atoms with Gasteiger partial charge in [-0.15, -0.1) is 11.3 Å². The highest BCUT2D eigenvalue weighted by molar-refractivity contribution is 7.19. The Morgan fingerprint density at radius 2 is 2.12 bits per heavy atom. The summed E-state index contributed by atoms with van der Waals surface area (Å²) < 4.78 is 10.8. The molecule has 6 nitrogen and oxygen atoms in total. The van der Waals surface area contributed by atoms with Gasteiger partial charge in [-0.2, -0.15) is 0 Å². The Balaban J connectivity index is 1.67. The molecule has 0 spiro atoms. The largest absolute Gasteiger partial charge is 0.383 e. The second-order valence-electron chi connectivity index (χ2n) is 7.07. The summed E-state index contributed by atoms with van der Waals surface area (Å²) >= 11 is 1.86. The first-order valence-electron chi connectivity index (χ1n) is 9.22. The number of methoxy groups -OCH3 is 1. The molecular weight excluding hydrogens is 336 g/mol. The molecule has 2 N–H and O–H groups in total. The molecule has 7 heteroatoms. The zero-order valence-electron chi connectivity index (χ0n) is 15.1. The minimum absolute atomic E-state index is 0.226. The van der Waals surface area contributed by atoms with Crippen LogP contribution in [-0.4, -0.2) is 56.0 Å². The zero-order chi connectivity index (χ0) is 17.2. The van der Waals surface area contributed by atoms with Gasteiger partial charge in [-0.05, 0) is 31.7 Å². The van der Waals surface area contributed by atoms with Crippen LogP contribution in [0, 0.1) is 0 Å². The fraction of sp³-hybridized carbons (Fsp3) is 0.667. The Bertz CT molecular complexity index is 742. The molecule has 2 aromatic rings. The molecule has 2 aliphatic rings. The van der Waals surface area contributed by atoms with Crippen molar-refractivity contribution < 1.29 is 14.4 Å². The van der Waals surface area contributed by atoms with Gasteiger partial charge in [0.2, 0.25) is 0 Å². The van der Waals surface area contributed by atoms with Crippen LogP contribution in [0.3, 0.4) is 0 Å². The summed E-state index contributed by atoms with van der Waals surface area (Å²) in [5.74, 6) is 1.94. The maximum Gasteiger partial charge on any atom is 0.187 e. The maximum atomic E-state index is 5.47. The van der Waals surface area contributed by atoms with E-state index in [0.717, 1.165) is 55.7 Å². The van der Waals surface area contributed by atoms with Crippen molar-refractivity contribution in [1.82, 2.24) is 9.97 Å². The summed E-state index contributed by atoms with van der Waals surface area (Å²) in [5, 5.41) is 4.83. The van der Waals surface area contributed by atoms with Crippen molar-refractivity contribution in [2.75, 3.05) is 45.3 Å². The van der Waals surface area contributed by atoms with Crippen LogP contribution in [-0.2, 0) is 28.9 Å². The number of rotatable bonds is 6. The van der Waals surface area contributed by atoms with Gasteiger partial charge in [0.15, 0.2) is 5.82 Å². The highest BCUT2D eigenvalue weighted by Crippen LogP contribution is 2.39. The van der Waals surface area contributed by atoms with Crippen molar-refractivity contribution in [3.05, 3.63) is 16.3 Å². The third kappa shape index (κ3) is 3.65. The average molecular weight is 364 g/mol. The minimum atomic E-state index is 0.226. The van der Waals surface area contributed by atoms with E-state index in [-0.39, 0.29) is 6.04 Å². The van der Waals surface area contributed by atoms with Crippen molar-refractivity contribution >= 4 is 27.4 Å². The highest BCUT2D eigenvalue weighted by atomic mass is 32.1. The molecule has 25 heavy (non-hydrogen) atoms. The van der Waals surface area contributed by atoms with Crippen LogP contribution < -0.4 is 10.2 Å². The lowest BCUT2D eigenvalue weighted by molar-refractivity contribution is -0.922. The van der Waals surface area contributed by atoms with Crippen LogP contribution >= 0.6 is 11.3 Å². The molecule has 0 radical (unpaired) electrons. The van der Waals surface area contributed by atoms with Gasteiger partial charge >= 0.3 is 0 Å². The van der Waals surface area contributed by atoms with Gasteiger partial charge in [0.25, 0.3) is 0 Å². The Labute approximate surface area is 152 Å². The molecule has 1 aliphatic heterocycles. The number of aryl methyl sites for hydroxylation is 2. The van der Waals surface area contributed by atoms with Crippen molar-refractivity contribution in [2.45, 2.75) is 38.8 Å². The van der Waals surface area contributed by atoms with E-state index in [2.05, 4.69) is 12.2 Å². The van der Waals surface area contributed by atoms with E-state index < -0.39 is 0 Å². The molecule has 0 unspecified atom stereocenters. The Morgan fingerprint density at radius 1 is 1.28 bits per heavy atom. The topological polar surface area (TPSA) is 60.7 Å². The number of nitrogens with one attached hydrogen (secondary N) is 2. The van der Waals surface area contributed by atoms with Gasteiger partial charge in [-0.1, -0.05) is 0 Å². The van der Waals surface area contributed by atoms with Gasteiger partial charge in [-0.25, -0.2) is 9.97 Å². The summed E-state index contributed by atoms with van der Waals surface area (Å²) in [6.07, 6.45) is 3.59. The van der Waals surface area contributed by atoms with E-state index in [1.807, 2.05) is 11.3 Å². The number of thiophene rings is 1. The first kappa shape index (κ1) is 17.1. The second kappa shape index (κ2) is 7.53. The van der Waals surface area contributed by atoms with Crippen molar-refractivity contribution in [1.29, 1.82) is 0 Å². The van der Waals surface area contributed by atoms with Crippen LogP contribution in [0.25, 0.3) is 10.2 Å². The number of hydrogen-bond acceptors (Lipinski definition) is 6. The molecule has 0 amide bonds. The van der Waals surface area contributed by atoms with Crippen LogP contribution in [0.5, 0.6) is 0 Å². The van der Waals surface area contributed by atoms with Gasteiger partial charge in [0.1, 0.15) is 30.3 Å². The number of fused-ring (bicyclic) bond motifs is 3. The molecule has 136 valence electrons. The van der Waals surface area contributed by atoms with E-state index >= 15 is 0 Å². The highest BCUT2D eigenvalue weighted by Gasteiger charge is 2.24. The van der Waals surface area contributed by atoms with E-state index in [1.54, 1.807) is 7.11 Å². The number of hydrogen-bond donors (Lipinski definition) is 2. The third-order valence-corrected chi connectivity index (χ3v) is 6.20. The van der Waals surface area contributed by atoms with Gasteiger partial charge in [-0.3, -0.25) is 0 Å². The van der Waals surface area contributed by atoms with Gasteiger partial charge in [0, 0.05) is 18.0 Å². The van der Waals surface area contributed by atoms with Crippen molar-refractivity contribution in [3.8, 4) is 0 Å². The van der Waals surface area contributed by atoms with E-state index in [4.69, 9.17) is 19.4 Å². The monoisotopic (exact) mass is 363 g/mol. The number of aromatic nitrogens is 2. The lowest BCUT2D eigenvalue weighted by Crippen LogP contribution is -3.12. The summed E-state index contributed by atoms with van der Waals surface area (Å²) in [7, 11) is 1.74. The first-order chi connectivity index (χ1) is 12.2. The van der Waals surface area contributed by atoms with E-state index in [1.165, 1.54) is 33.6 Å². The second-order valence-corrected chi connectivity index (χ2v) is 8.15. The van der Waals surface area contributed by atoms with Crippen LogP contribution in [0.4, 0.5) is 5.82 Å². The summed E-state index contributed by atoms with van der Waals surface area (Å²) in [6.45, 7) is 7.41. The predicted octanol–water partition coefficient (Wildman–Crippen LogP) is 1.04. The maximum absolute atomic E-state index is 5.47. The van der Waals surface area contributed by atoms with Gasteiger partial charge < -0.3 is 19.7 Å². The molecule has 3 heterocycles. The summed E-state index contributed by atoms with van der Waals surface area (Å²) in [4.78, 5) is 14.0. The number of anilines is 1. The van der Waals surface area contributed by atoms with Crippen LogP contribution in [0.2, 0.25) is 0 Å². The normalized spacial score (nSPS) is 19.3. The van der Waals surface area contributed by atoms with Crippen molar-refractivity contribution in [3.63, 3.8) is 0 Å². The summed E-state index contributed by atoms with van der Waals surface area (Å²) in [5.41, 5.74) is 1.47. The average Bonchev–Trinajstić information content (AvgIpc) is 3.16. The van der Waals surface area contributed by atoms with Crippen LogP contribution in [0.1, 0.15) is 29.6 Å². The molecule has 1 saturated heterocycles. The molecule has 1 fully saturated rings. The first-order valence-corrected chi connectivity index (χ1v) is 10.0. The molecule has 0 aromatic carbocycles. The molecular formula is C18H27N4O2S+. The lowest BCUT2D eigenvalue weighted by atomic mass is 10.2.